The molecule has 9 nitrogen and oxygen atoms in total. The number of anilines is 2. The van der Waals surface area contributed by atoms with Gasteiger partial charge in [-0.2, -0.15) is 5.10 Å². The van der Waals surface area contributed by atoms with Crippen LogP contribution in [-0.4, -0.2) is 59.0 Å². The number of nitrogens with one attached hydrogen (secondary N) is 1. The number of pyridine rings is 1. The van der Waals surface area contributed by atoms with Gasteiger partial charge in [-0.05, 0) is 49.4 Å². The minimum atomic E-state index is -0.985. The number of ether oxygens (including phenoxy) is 2. The van der Waals surface area contributed by atoms with E-state index in [4.69, 9.17) is 9.47 Å². The number of carbonyl (C=O) groups excluding carboxylic acids is 2. The van der Waals surface area contributed by atoms with Gasteiger partial charge in [0.15, 0.2) is 17.6 Å². The molecule has 2 aromatic heterocycles. The van der Waals surface area contributed by atoms with Crippen LogP contribution in [0.3, 0.4) is 0 Å². The maximum absolute atomic E-state index is 12.5. The van der Waals surface area contributed by atoms with Crippen LogP contribution in [0.15, 0.2) is 60.9 Å². The third kappa shape index (κ3) is 5.07. The van der Waals surface area contributed by atoms with Crippen molar-refractivity contribution < 1.29 is 19.1 Å². The molecular formula is C22H23N5O4. The number of rotatable bonds is 6. The highest BCUT2D eigenvalue weighted by molar-refractivity contribution is 5.97. The van der Waals surface area contributed by atoms with E-state index >= 15 is 0 Å². The van der Waals surface area contributed by atoms with Gasteiger partial charge in [-0.25, -0.2) is 14.5 Å². The summed E-state index contributed by atoms with van der Waals surface area (Å²) < 4.78 is 12.2. The zero-order chi connectivity index (χ0) is 21.6. The fourth-order valence-electron chi connectivity index (χ4n) is 3.16. The Morgan fingerprint density at radius 1 is 1.10 bits per heavy atom. The van der Waals surface area contributed by atoms with Gasteiger partial charge < -0.3 is 19.7 Å². The summed E-state index contributed by atoms with van der Waals surface area (Å²) in [5, 5.41) is 6.86. The van der Waals surface area contributed by atoms with Crippen LogP contribution in [0.4, 0.5) is 11.4 Å². The summed E-state index contributed by atoms with van der Waals surface area (Å²) in [5.41, 5.74) is 1.80. The SMILES string of the molecule is CC(OC(=O)c1cccc(-n2cccn2)n1)C(=O)Nc1ccc(N2CCOCC2)cc1. The lowest BCUT2D eigenvalue weighted by Crippen LogP contribution is -2.36. The number of benzene rings is 1. The molecule has 0 radical (unpaired) electrons. The quantitative estimate of drug-likeness (QED) is 0.610. The van der Waals surface area contributed by atoms with E-state index in [-0.39, 0.29) is 5.69 Å². The lowest BCUT2D eigenvalue weighted by Gasteiger charge is -2.28. The van der Waals surface area contributed by atoms with E-state index in [0.29, 0.717) is 24.7 Å². The molecule has 1 fully saturated rings. The minimum absolute atomic E-state index is 0.0996. The van der Waals surface area contributed by atoms with Gasteiger partial charge in [0, 0.05) is 36.9 Å². The van der Waals surface area contributed by atoms with Crippen LogP contribution in [0, 0.1) is 0 Å². The molecule has 1 aliphatic rings. The Bertz CT molecular complexity index is 1030. The van der Waals surface area contributed by atoms with E-state index in [2.05, 4.69) is 20.3 Å². The first-order valence-electron chi connectivity index (χ1n) is 10.0. The zero-order valence-electron chi connectivity index (χ0n) is 17.1. The third-order valence-corrected chi connectivity index (χ3v) is 4.85. The Kier molecular flexibility index (Phi) is 6.23. The minimum Gasteiger partial charge on any atom is -0.448 e. The highest BCUT2D eigenvalue weighted by Crippen LogP contribution is 2.19. The van der Waals surface area contributed by atoms with Crippen molar-refractivity contribution in [3.8, 4) is 5.82 Å². The molecule has 3 heterocycles. The summed E-state index contributed by atoms with van der Waals surface area (Å²) >= 11 is 0. The molecule has 160 valence electrons. The van der Waals surface area contributed by atoms with E-state index in [1.54, 1.807) is 30.6 Å². The lowest BCUT2D eigenvalue weighted by atomic mass is 10.2. The summed E-state index contributed by atoms with van der Waals surface area (Å²) in [4.78, 5) is 31.4. The van der Waals surface area contributed by atoms with Gasteiger partial charge >= 0.3 is 5.97 Å². The van der Waals surface area contributed by atoms with Crippen LogP contribution in [0.5, 0.6) is 0 Å². The number of hydrogen-bond acceptors (Lipinski definition) is 7. The number of aromatic nitrogens is 3. The first-order valence-corrected chi connectivity index (χ1v) is 10.0. The lowest BCUT2D eigenvalue weighted by molar-refractivity contribution is -0.123. The molecule has 9 heteroatoms. The smallest absolute Gasteiger partial charge is 0.357 e. The molecule has 1 unspecified atom stereocenters. The van der Waals surface area contributed by atoms with Crippen molar-refractivity contribution >= 4 is 23.3 Å². The number of nitrogens with zero attached hydrogens (tertiary/aromatic N) is 4. The third-order valence-electron chi connectivity index (χ3n) is 4.85. The maximum atomic E-state index is 12.5. The van der Waals surface area contributed by atoms with E-state index in [1.807, 2.05) is 24.3 Å². The van der Waals surface area contributed by atoms with Crippen LogP contribution in [0.2, 0.25) is 0 Å². The van der Waals surface area contributed by atoms with Crippen molar-refractivity contribution in [2.75, 3.05) is 36.5 Å². The van der Waals surface area contributed by atoms with E-state index in [1.165, 1.54) is 17.7 Å². The zero-order valence-corrected chi connectivity index (χ0v) is 17.1. The molecular weight excluding hydrogens is 398 g/mol. The normalized spacial score (nSPS) is 14.7. The molecule has 3 aromatic rings. The van der Waals surface area contributed by atoms with E-state index in [0.717, 1.165) is 18.8 Å². The summed E-state index contributed by atoms with van der Waals surface area (Å²) in [7, 11) is 0. The second kappa shape index (κ2) is 9.40. The molecule has 1 N–H and O–H groups in total. The molecule has 0 aliphatic carbocycles. The van der Waals surface area contributed by atoms with Crippen molar-refractivity contribution in [3.05, 3.63) is 66.6 Å². The van der Waals surface area contributed by atoms with E-state index < -0.39 is 18.0 Å². The molecule has 1 atom stereocenters. The van der Waals surface area contributed by atoms with Crippen molar-refractivity contribution in [1.82, 2.24) is 14.8 Å². The molecule has 4 rings (SSSR count). The van der Waals surface area contributed by atoms with Crippen LogP contribution < -0.4 is 10.2 Å². The molecule has 1 aliphatic heterocycles. The molecule has 1 amide bonds. The fraction of sp³-hybridized carbons (Fsp3) is 0.273. The molecule has 0 spiro atoms. The van der Waals surface area contributed by atoms with Gasteiger partial charge in [0.2, 0.25) is 0 Å². The molecule has 0 bridgehead atoms. The number of morpholine rings is 1. The highest BCUT2D eigenvalue weighted by Gasteiger charge is 2.20. The standard InChI is InChI=1S/C22H23N5O4/c1-16(31-22(29)19-4-2-5-20(25-19)27-11-3-10-23-27)21(28)24-17-6-8-18(9-7-17)26-12-14-30-15-13-26/h2-11,16H,12-15H2,1H3,(H,24,28). The predicted molar refractivity (Wildman–Crippen MR) is 114 cm³/mol. The average Bonchev–Trinajstić information content (AvgIpc) is 3.35. The number of esters is 1. The Morgan fingerprint density at radius 3 is 2.58 bits per heavy atom. The molecule has 1 aromatic carbocycles. The molecule has 31 heavy (non-hydrogen) atoms. The van der Waals surface area contributed by atoms with Crippen LogP contribution in [-0.2, 0) is 14.3 Å². The first-order chi connectivity index (χ1) is 15.1. The van der Waals surface area contributed by atoms with Gasteiger partial charge in [0.25, 0.3) is 5.91 Å². The Hall–Kier alpha value is -3.72. The molecule has 0 saturated carbocycles. The predicted octanol–water partition coefficient (Wildman–Crippen LogP) is 2.29. The monoisotopic (exact) mass is 421 g/mol. The van der Waals surface area contributed by atoms with Crippen molar-refractivity contribution in [2.45, 2.75) is 13.0 Å². The number of amides is 1. The second-order valence-electron chi connectivity index (χ2n) is 7.01. The van der Waals surface area contributed by atoms with Crippen LogP contribution in [0.25, 0.3) is 5.82 Å². The summed E-state index contributed by atoms with van der Waals surface area (Å²) in [6, 6.07) is 14.2. The van der Waals surface area contributed by atoms with Gasteiger partial charge in [-0.3, -0.25) is 4.79 Å². The van der Waals surface area contributed by atoms with Gasteiger partial charge in [0.05, 0.1) is 13.2 Å². The average molecular weight is 421 g/mol. The first kappa shape index (κ1) is 20.5. The fourth-order valence-corrected chi connectivity index (χ4v) is 3.16. The number of hydrogen-bond donors (Lipinski definition) is 1. The Labute approximate surface area is 179 Å². The Morgan fingerprint density at radius 2 is 1.87 bits per heavy atom. The van der Waals surface area contributed by atoms with Crippen molar-refractivity contribution in [2.24, 2.45) is 0 Å². The van der Waals surface area contributed by atoms with Crippen LogP contribution in [0.1, 0.15) is 17.4 Å². The van der Waals surface area contributed by atoms with Crippen LogP contribution >= 0.6 is 0 Å². The largest absolute Gasteiger partial charge is 0.448 e. The summed E-state index contributed by atoms with van der Waals surface area (Å²) in [5.74, 6) is -0.619. The highest BCUT2D eigenvalue weighted by atomic mass is 16.5. The summed E-state index contributed by atoms with van der Waals surface area (Å²) in [6.45, 7) is 4.62. The Balaban J connectivity index is 1.34. The topological polar surface area (TPSA) is 98.6 Å². The second-order valence-corrected chi connectivity index (χ2v) is 7.01. The van der Waals surface area contributed by atoms with Crippen molar-refractivity contribution in [1.29, 1.82) is 0 Å². The maximum Gasteiger partial charge on any atom is 0.357 e. The number of carbonyl (C=O) groups is 2. The van der Waals surface area contributed by atoms with Gasteiger partial charge in [0.1, 0.15) is 0 Å². The summed E-state index contributed by atoms with van der Waals surface area (Å²) in [6.07, 6.45) is 2.35. The van der Waals surface area contributed by atoms with Gasteiger partial charge in [-0.1, -0.05) is 6.07 Å². The molecule has 1 saturated heterocycles. The van der Waals surface area contributed by atoms with E-state index in [9.17, 15) is 9.59 Å². The van der Waals surface area contributed by atoms with Gasteiger partial charge in [-0.15, -0.1) is 0 Å². The van der Waals surface area contributed by atoms with Crippen molar-refractivity contribution in [3.63, 3.8) is 0 Å².